The largest absolute Gasteiger partial charge is 1.00 e. The summed E-state index contributed by atoms with van der Waals surface area (Å²) in [6, 6.07) is 3.33. The zero-order valence-corrected chi connectivity index (χ0v) is 29.8. The zero-order valence-electron chi connectivity index (χ0n) is 27.8. The van der Waals surface area contributed by atoms with Crippen LogP contribution in [0.25, 0.3) is 0 Å². The number of aromatic carboxylic acids is 1. The van der Waals surface area contributed by atoms with E-state index in [2.05, 4.69) is 13.8 Å². The zero-order chi connectivity index (χ0) is 31.6. The van der Waals surface area contributed by atoms with Gasteiger partial charge in [-0.25, -0.2) is 0 Å². The SMILES string of the molecule is CCC(C(=O)C(C)C(O)C(C)CCc1ccc(C)c(O)c1C(=O)[O-])C1O[C@](CC)(C2CC[C@](O)(CC)C(C)O2)CC1C.[Na+]. The van der Waals surface area contributed by atoms with Crippen molar-refractivity contribution < 1.29 is 69.0 Å². The number of carbonyl (C=O) groups is 2. The maximum absolute atomic E-state index is 13.9. The summed E-state index contributed by atoms with van der Waals surface area (Å²) in [5, 5.41) is 44.1. The van der Waals surface area contributed by atoms with E-state index in [1.54, 1.807) is 26.0 Å². The van der Waals surface area contributed by atoms with Crippen LogP contribution in [0.4, 0.5) is 0 Å². The van der Waals surface area contributed by atoms with Crippen LogP contribution in [0, 0.1) is 30.6 Å². The van der Waals surface area contributed by atoms with Crippen molar-refractivity contribution in [2.24, 2.45) is 23.7 Å². The number of rotatable bonds is 13. The van der Waals surface area contributed by atoms with Gasteiger partial charge in [0.2, 0.25) is 0 Å². The maximum Gasteiger partial charge on any atom is 1.00 e. The minimum Gasteiger partial charge on any atom is -0.545 e. The number of carboxylic acid groups (broad SMARTS) is 1. The van der Waals surface area contributed by atoms with Crippen LogP contribution in [0.15, 0.2) is 12.1 Å². The molecule has 8 unspecified atom stereocenters. The smallest absolute Gasteiger partial charge is 0.545 e. The molecular formula is C34H53NaO8. The van der Waals surface area contributed by atoms with E-state index in [1.807, 2.05) is 27.7 Å². The number of benzene rings is 1. The molecule has 0 amide bonds. The van der Waals surface area contributed by atoms with E-state index >= 15 is 0 Å². The summed E-state index contributed by atoms with van der Waals surface area (Å²) in [4.78, 5) is 25.5. The van der Waals surface area contributed by atoms with Gasteiger partial charge in [0.15, 0.2) is 0 Å². The van der Waals surface area contributed by atoms with E-state index in [9.17, 15) is 30.0 Å². The minimum absolute atomic E-state index is 0. The molecule has 2 saturated heterocycles. The van der Waals surface area contributed by atoms with Crippen LogP contribution in [0.2, 0.25) is 0 Å². The second-order valence-electron chi connectivity index (χ2n) is 13.2. The number of ketones is 1. The van der Waals surface area contributed by atoms with Gasteiger partial charge < -0.3 is 34.7 Å². The second kappa shape index (κ2) is 15.5. The van der Waals surface area contributed by atoms with Crippen molar-refractivity contribution >= 4 is 11.8 Å². The van der Waals surface area contributed by atoms with Gasteiger partial charge >= 0.3 is 29.6 Å². The van der Waals surface area contributed by atoms with Gasteiger partial charge in [-0.05, 0) is 88.2 Å². The number of carboxylic acids is 1. The number of aromatic hydroxyl groups is 1. The van der Waals surface area contributed by atoms with Crippen molar-refractivity contribution in [1.82, 2.24) is 0 Å². The molecule has 2 aliphatic rings. The van der Waals surface area contributed by atoms with Crippen LogP contribution in [-0.2, 0) is 20.7 Å². The summed E-state index contributed by atoms with van der Waals surface area (Å²) in [5.41, 5.74) is -0.659. The summed E-state index contributed by atoms with van der Waals surface area (Å²) in [7, 11) is 0. The maximum atomic E-state index is 13.9. The van der Waals surface area contributed by atoms with Crippen molar-refractivity contribution in [3.8, 4) is 5.75 Å². The first-order chi connectivity index (χ1) is 19.7. The molecule has 9 heteroatoms. The van der Waals surface area contributed by atoms with E-state index in [0.717, 1.165) is 12.8 Å². The number of ether oxygens (including phenoxy) is 2. The topological polar surface area (TPSA) is 136 Å². The first-order valence-electron chi connectivity index (χ1n) is 16.0. The van der Waals surface area contributed by atoms with E-state index in [0.29, 0.717) is 49.7 Å². The Balaban J connectivity index is 0.00000645. The van der Waals surface area contributed by atoms with E-state index in [4.69, 9.17) is 9.47 Å². The number of phenols is 1. The van der Waals surface area contributed by atoms with Crippen molar-refractivity contribution in [3.05, 3.63) is 28.8 Å². The van der Waals surface area contributed by atoms with Crippen LogP contribution < -0.4 is 34.7 Å². The minimum atomic E-state index is -1.43. The third kappa shape index (κ3) is 7.87. The van der Waals surface area contributed by atoms with Gasteiger partial charge in [-0.1, -0.05) is 53.7 Å². The van der Waals surface area contributed by atoms with Crippen LogP contribution in [-0.4, -0.2) is 62.7 Å². The summed E-state index contributed by atoms with van der Waals surface area (Å²) in [6.45, 7) is 15.4. The molecule has 8 nitrogen and oxygen atoms in total. The van der Waals surface area contributed by atoms with Crippen LogP contribution in [0.1, 0.15) is 115 Å². The molecule has 0 aliphatic carbocycles. The van der Waals surface area contributed by atoms with Crippen LogP contribution in [0.3, 0.4) is 0 Å². The predicted octanol–water partition coefficient (Wildman–Crippen LogP) is 1.51. The van der Waals surface area contributed by atoms with E-state index in [1.165, 1.54) is 0 Å². The van der Waals surface area contributed by atoms with Crippen molar-refractivity contribution in [2.75, 3.05) is 0 Å². The molecule has 0 bridgehead atoms. The normalized spacial score (nSPS) is 32.0. The fourth-order valence-corrected chi connectivity index (χ4v) is 7.44. The molecule has 2 fully saturated rings. The Bertz CT molecular complexity index is 1110. The molecule has 0 aromatic heterocycles. The quantitative estimate of drug-likeness (QED) is 0.285. The predicted molar refractivity (Wildman–Crippen MR) is 159 cm³/mol. The Morgan fingerprint density at radius 2 is 1.79 bits per heavy atom. The Labute approximate surface area is 280 Å². The van der Waals surface area contributed by atoms with Gasteiger partial charge in [-0.15, -0.1) is 0 Å². The molecule has 2 heterocycles. The summed E-state index contributed by atoms with van der Waals surface area (Å²) >= 11 is 0. The molecule has 0 saturated carbocycles. The van der Waals surface area contributed by atoms with Crippen molar-refractivity contribution in [3.63, 3.8) is 0 Å². The van der Waals surface area contributed by atoms with E-state index < -0.39 is 29.2 Å². The van der Waals surface area contributed by atoms with Crippen molar-refractivity contribution in [2.45, 2.75) is 142 Å². The second-order valence-corrected chi connectivity index (χ2v) is 13.2. The van der Waals surface area contributed by atoms with Gasteiger partial charge in [0.25, 0.3) is 0 Å². The number of aliphatic hydroxyl groups is 2. The standard InChI is InChI=1S/C34H54O8.Na/c1-9-25(31-21(6)18-34(11-3,42-31)26-16-17-33(40,10-2)23(8)41-26)30(37)22(7)28(35)19(4)12-14-24-15-13-20(5)29(36)27(24)32(38)39;/h13,15,19,21-23,25-26,28,31,35-36,40H,9-12,14,16-18H2,1-8H3,(H,38,39);/q;+1/p-1/t19?,21?,22?,23?,25?,26?,28?,31?,33-,34+;/m1./s1. The molecule has 1 aromatic rings. The van der Waals surface area contributed by atoms with Crippen molar-refractivity contribution in [1.29, 1.82) is 0 Å². The summed E-state index contributed by atoms with van der Waals surface area (Å²) < 4.78 is 13.2. The average molecular weight is 613 g/mol. The number of carbonyl (C=O) groups excluding carboxylic acids is 2. The Morgan fingerprint density at radius 3 is 2.33 bits per heavy atom. The fraction of sp³-hybridized carbons (Fsp3) is 0.765. The molecule has 1 aromatic carbocycles. The Hall–Kier alpha value is -1.00. The Morgan fingerprint density at radius 1 is 1.14 bits per heavy atom. The van der Waals surface area contributed by atoms with Gasteiger partial charge in [0.05, 0.1) is 41.6 Å². The number of hydrogen-bond acceptors (Lipinski definition) is 8. The molecule has 3 N–H and O–H groups in total. The molecule has 2 aliphatic heterocycles. The summed E-state index contributed by atoms with van der Waals surface area (Å²) in [6.07, 6.45) is 3.21. The molecule has 3 rings (SSSR count). The first kappa shape index (κ1) is 38.2. The molecule has 10 atom stereocenters. The van der Waals surface area contributed by atoms with E-state index in [-0.39, 0.29) is 82.7 Å². The number of hydrogen-bond donors (Lipinski definition) is 3. The number of Topliss-reactive ketones (excluding diaryl/α,β-unsaturated/α-hetero) is 1. The fourth-order valence-electron chi connectivity index (χ4n) is 7.44. The van der Waals surface area contributed by atoms with Gasteiger partial charge in [0, 0.05) is 17.4 Å². The van der Waals surface area contributed by atoms with Gasteiger partial charge in [-0.3, -0.25) is 4.79 Å². The number of aliphatic hydroxyl groups excluding tert-OH is 1. The van der Waals surface area contributed by atoms with Crippen LogP contribution in [0.5, 0.6) is 5.75 Å². The molecule has 43 heavy (non-hydrogen) atoms. The molecular weight excluding hydrogens is 559 g/mol. The number of aryl methyl sites for hydroxylation is 2. The molecule has 238 valence electrons. The Kier molecular flexibility index (Phi) is 13.8. The third-order valence-electron chi connectivity index (χ3n) is 10.6. The van der Waals surface area contributed by atoms with Crippen LogP contribution >= 0.6 is 0 Å². The van der Waals surface area contributed by atoms with Gasteiger partial charge in [-0.2, -0.15) is 0 Å². The summed E-state index contributed by atoms with van der Waals surface area (Å²) in [5.74, 6) is -2.92. The molecule has 0 radical (unpaired) electrons. The first-order valence-corrected chi connectivity index (χ1v) is 16.0. The average Bonchev–Trinajstić information content (AvgIpc) is 3.31. The monoisotopic (exact) mass is 612 g/mol. The van der Waals surface area contributed by atoms with Gasteiger partial charge in [0.1, 0.15) is 11.5 Å². The third-order valence-corrected chi connectivity index (χ3v) is 10.6. The molecule has 0 spiro atoms.